The topological polar surface area (TPSA) is 52.3 Å². The van der Waals surface area contributed by atoms with Crippen molar-refractivity contribution in [2.75, 3.05) is 5.73 Å². The summed E-state index contributed by atoms with van der Waals surface area (Å²) in [7, 11) is 0. The molecule has 86 valence electrons. The van der Waals surface area contributed by atoms with Gasteiger partial charge in [0.05, 0.1) is 5.56 Å². The number of carbonyl (C=O) groups is 1. The zero-order chi connectivity index (χ0) is 12.3. The molecule has 0 radical (unpaired) electrons. The Morgan fingerprint density at radius 3 is 2.47 bits per heavy atom. The molecule has 0 atom stereocenters. The lowest BCUT2D eigenvalue weighted by Crippen LogP contribution is -2.09. The summed E-state index contributed by atoms with van der Waals surface area (Å²) in [6.45, 7) is 0. The van der Waals surface area contributed by atoms with Crippen molar-refractivity contribution in [2.45, 2.75) is 0 Å². The third-order valence-electron chi connectivity index (χ3n) is 2.17. The molecule has 0 spiro atoms. The van der Waals surface area contributed by atoms with E-state index in [0.717, 1.165) is 6.07 Å². The Morgan fingerprint density at radius 2 is 1.82 bits per heavy atom. The second-order valence-electron chi connectivity index (χ2n) is 3.45. The second-order valence-corrected chi connectivity index (χ2v) is 3.45. The first kappa shape index (κ1) is 11.1. The molecule has 0 aliphatic carbocycles. The first-order valence-electron chi connectivity index (χ1n) is 4.99. The van der Waals surface area contributed by atoms with E-state index in [1.807, 2.05) is 0 Å². The Balaban J connectivity index is 2.19. The van der Waals surface area contributed by atoms with Gasteiger partial charge in [-0.2, -0.15) is 0 Å². The summed E-state index contributed by atoms with van der Waals surface area (Å²) in [5.74, 6) is -1.39. The number of carbonyl (C=O) groups excluding carboxylic acids is 1. The van der Waals surface area contributed by atoms with Crippen LogP contribution in [0.25, 0.3) is 0 Å². The number of nitrogens with two attached hydrogens (primary N) is 1. The third kappa shape index (κ3) is 2.60. The quantitative estimate of drug-likeness (QED) is 0.491. The number of hydrogen-bond donors (Lipinski definition) is 1. The molecular weight excluding hydrogens is 221 g/mol. The fourth-order valence-electron chi connectivity index (χ4n) is 1.33. The van der Waals surface area contributed by atoms with Gasteiger partial charge in [-0.3, -0.25) is 0 Å². The fraction of sp³-hybridized carbons (Fsp3) is 0. The van der Waals surface area contributed by atoms with Gasteiger partial charge in [0.25, 0.3) is 0 Å². The van der Waals surface area contributed by atoms with Gasteiger partial charge in [-0.25, -0.2) is 9.18 Å². The molecular formula is C13H10FNO2. The minimum atomic E-state index is -0.658. The van der Waals surface area contributed by atoms with Crippen molar-refractivity contribution in [3.8, 4) is 5.75 Å². The van der Waals surface area contributed by atoms with Crippen molar-refractivity contribution in [1.82, 2.24) is 0 Å². The normalized spacial score (nSPS) is 9.94. The summed E-state index contributed by atoms with van der Waals surface area (Å²) in [6, 6.07) is 12.3. The van der Waals surface area contributed by atoms with E-state index in [4.69, 9.17) is 10.5 Å². The number of halogens is 1. The minimum absolute atomic E-state index is 0.131. The number of ether oxygens (including phenoxy) is 1. The number of benzene rings is 2. The molecule has 2 aromatic carbocycles. The maximum Gasteiger partial charge on any atom is 0.343 e. The molecule has 0 unspecified atom stereocenters. The lowest BCUT2D eigenvalue weighted by Gasteiger charge is -2.05. The fourth-order valence-corrected chi connectivity index (χ4v) is 1.33. The SMILES string of the molecule is Nc1ccc(OC(=O)c2ccccc2)c(F)c1. The van der Waals surface area contributed by atoms with Gasteiger partial charge < -0.3 is 10.5 Å². The van der Waals surface area contributed by atoms with Crippen LogP contribution in [-0.4, -0.2) is 5.97 Å². The molecule has 17 heavy (non-hydrogen) atoms. The molecule has 0 saturated carbocycles. The zero-order valence-corrected chi connectivity index (χ0v) is 8.89. The molecule has 0 saturated heterocycles. The number of nitrogen functional groups attached to an aromatic ring is 1. The lowest BCUT2D eigenvalue weighted by molar-refractivity contribution is 0.0728. The van der Waals surface area contributed by atoms with Crippen LogP contribution in [0.4, 0.5) is 10.1 Å². The highest BCUT2D eigenvalue weighted by molar-refractivity contribution is 5.91. The molecule has 2 rings (SSSR count). The smallest absolute Gasteiger partial charge is 0.343 e. The second kappa shape index (κ2) is 4.65. The van der Waals surface area contributed by atoms with E-state index in [9.17, 15) is 9.18 Å². The third-order valence-corrected chi connectivity index (χ3v) is 2.17. The van der Waals surface area contributed by atoms with Gasteiger partial charge >= 0.3 is 5.97 Å². The zero-order valence-electron chi connectivity index (χ0n) is 8.89. The summed E-state index contributed by atoms with van der Waals surface area (Å²) in [4.78, 5) is 11.6. The average molecular weight is 231 g/mol. The highest BCUT2D eigenvalue weighted by atomic mass is 19.1. The molecule has 2 aromatic rings. The first-order valence-corrected chi connectivity index (χ1v) is 4.99. The number of rotatable bonds is 2. The van der Waals surface area contributed by atoms with Crippen molar-refractivity contribution in [3.63, 3.8) is 0 Å². The van der Waals surface area contributed by atoms with E-state index in [-0.39, 0.29) is 11.4 Å². The van der Waals surface area contributed by atoms with Crippen molar-refractivity contribution < 1.29 is 13.9 Å². The van der Waals surface area contributed by atoms with Gasteiger partial charge in [0.1, 0.15) is 0 Å². The summed E-state index contributed by atoms with van der Waals surface area (Å²) in [5, 5.41) is 0. The molecule has 0 aliphatic heterocycles. The summed E-state index contributed by atoms with van der Waals surface area (Å²) in [6.07, 6.45) is 0. The van der Waals surface area contributed by atoms with Crippen molar-refractivity contribution in [3.05, 3.63) is 59.9 Å². The van der Waals surface area contributed by atoms with Gasteiger partial charge in [0, 0.05) is 11.8 Å². The van der Waals surface area contributed by atoms with Crippen LogP contribution in [0, 0.1) is 5.82 Å². The van der Waals surface area contributed by atoms with Gasteiger partial charge in [-0.15, -0.1) is 0 Å². The molecule has 2 N–H and O–H groups in total. The van der Waals surface area contributed by atoms with E-state index >= 15 is 0 Å². The van der Waals surface area contributed by atoms with Crippen LogP contribution in [0.15, 0.2) is 48.5 Å². The molecule has 0 bridgehead atoms. The number of esters is 1. The Morgan fingerprint density at radius 1 is 1.12 bits per heavy atom. The largest absolute Gasteiger partial charge is 0.420 e. The molecule has 0 heterocycles. The van der Waals surface area contributed by atoms with Crippen LogP contribution in [0.2, 0.25) is 0 Å². The van der Waals surface area contributed by atoms with Gasteiger partial charge in [-0.1, -0.05) is 18.2 Å². The molecule has 0 fully saturated rings. The number of hydrogen-bond acceptors (Lipinski definition) is 3. The maximum absolute atomic E-state index is 13.4. The van der Waals surface area contributed by atoms with Crippen molar-refractivity contribution in [2.24, 2.45) is 0 Å². The van der Waals surface area contributed by atoms with Crippen molar-refractivity contribution in [1.29, 1.82) is 0 Å². The molecule has 0 aliphatic rings. The van der Waals surface area contributed by atoms with Gasteiger partial charge in [0.15, 0.2) is 11.6 Å². The van der Waals surface area contributed by atoms with Crippen LogP contribution in [0.5, 0.6) is 5.75 Å². The first-order chi connectivity index (χ1) is 8.16. The van der Waals surface area contributed by atoms with Crippen LogP contribution >= 0.6 is 0 Å². The molecule has 3 nitrogen and oxygen atoms in total. The molecule has 4 heteroatoms. The van der Waals surface area contributed by atoms with Crippen LogP contribution < -0.4 is 10.5 Å². The highest BCUT2D eigenvalue weighted by Crippen LogP contribution is 2.20. The summed E-state index contributed by atoms with van der Waals surface area (Å²) in [5.41, 5.74) is 6.03. The molecule has 0 aromatic heterocycles. The summed E-state index contributed by atoms with van der Waals surface area (Å²) < 4.78 is 18.3. The monoisotopic (exact) mass is 231 g/mol. The van der Waals surface area contributed by atoms with Gasteiger partial charge in [-0.05, 0) is 24.3 Å². The predicted octanol–water partition coefficient (Wildman–Crippen LogP) is 2.63. The van der Waals surface area contributed by atoms with Crippen LogP contribution in [0.3, 0.4) is 0 Å². The highest BCUT2D eigenvalue weighted by Gasteiger charge is 2.11. The number of anilines is 1. The molecule has 0 amide bonds. The van der Waals surface area contributed by atoms with E-state index in [1.165, 1.54) is 12.1 Å². The van der Waals surface area contributed by atoms with E-state index in [2.05, 4.69) is 0 Å². The Labute approximate surface area is 97.6 Å². The predicted molar refractivity (Wildman–Crippen MR) is 62.2 cm³/mol. The van der Waals surface area contributed by atoms with Crippen LogP contribution in [0.1, 0.15) is 10.4 Å². The Hall–Kier alpha value is -2.36. The summed E-state index contributed by atoms with van der Waals surface area (Å²) >= 11 is 0. The Bertz CT molecular complexity index is 540. The van der Waals surface area contributed by atoms with Gasteiger partial charge in [0.2, 0.25) is 0 Å². The maximum atomic E-state index is 13.4. The lowest BCUT2D eigenvalue weighted by atomic mass is 10.2. The van der Waals surface area contributed by atoms with E-state index in [1.54, 1.807) is 30.3 Å². The Kier molecular flexibility index (Phi) is 3.05. The van der Waals surface area contributed by atoms with E-state index < -0.39 is 11.8 Å². The standard InChI is InChI=1S/C13H10FNO2/c14-11-8-10(15)6-7-12(11)17-13(16)9-4-2-1-3-5-9/h1-8H,15H2. The average Bonchev–Trinajstić information content (AvgIpc) is 2.34. The van der Waals surface area contributed by atoms with E-state index in [0.29, 0.717) is 5.56 Å². The van der Waals surface area contributed by atoms with Crippen LogP contribution in [-0.2, 0) is 0 Å². The minimum Gasteiger partial charge on any atom is -0.420 e. The van der Waals surface area contributed by atoms with Crippen molar-refractivity contribution >= 4 is 11.7 Å².